The van der Waals surface area contributed by atoms with E-state index in [9.17, 15) is 34.8 Å². The van der Waals surface area contributed by atoms with Crippen LogP contribution in [0.1, 0.15) is 0 Å². The average molecular weight is 341 g/mol. The molecule has 0 amide bonds. The summed E-state index contributed by atoms with van der Waals surface area (Å²) in [6, 6.07) is 3.46. The summed E-state index contributed by atoms with van der Waals surface area (Å²) in [6.07, 6.45) is 0. The van der Waals surface area contributed by atoms with Gasteiger partial charge < -0.3 is 0 Å². The van der Waals surface area contributed by atoms with Crippen molar-refractivity contribution in [3.05, 3.63) is 59.2 Å². The lowest BCUT2D eigenvalue weighted by Crippen LogP contribution is -2.19. The molecular weight excluding hydrogens is 336 g/mol. The molecule has 1 N–H and O–H groups in total. The highest BCUT2D eigenvalue weighted by atomic mass is 32.2. The monoisotopic (exact) mass is 341 g/mol. The van der Waals surface area contributed by atoms with Crippen LogP contribution < -0.4 is 4.72 Å². The van der Waals surface area contributed by atoms with E-state index in [2.05, 4.69) is 0 Å². The molecule has 118 valence electrons. The van der Waals surface area contributed by atoms with E-state index in [1.165, 1.54) is 0 Å². The predicted octanol–water partition coefficient (Wildman–Crippen LogP) is 3.32. The van der Waals surface area contributed by atoms with E-state index in [0.29, 0.717) is 0 Å². The van der Waals surface area contributed by atoms with Gasteiger partial charge >= 0.3 is 0 Å². The first-order chi connectivity index (χ1) is 10.1. The molecule has 22 heavy (non-hydrogen) atoms. The molecule has 3 nitrogen and oxygen atoms in total. The summed E-state index contributed by atoms with van der Waals surface area (Å²) < 4.78 is 104. The van der Waals surface area contributed by atoms with Gasteiger partial charge in [-0.1, -0.05) is 0 Å². The molecule has 0 aliphatic heterocycles. The van der Waals surface area contributed by atoms with E-state index in [1.807, 2.05) is 0 Å². The van der Waals surface area contributed by atoms with Gasteiger partial charge in [-0.15, -0.1) is 0 Å². The minimum atomic E-state index is -5.12. The predicted molar refractivity (Wildman–Crippen MR) is 63.4 cm³/mol. The van der Waals surface area contributed by atoms with Crippen molar-refractivity contribution in [2.45, 2.75) is 4.90 Å². The first-order valence-electron chi connectivity index (χ1n) is 5.45. The van der Waals surface area contributed by atoms with Crippen LogP contribution in [0.15, 0.2) is 29.2 Å². The Labute approximate surface area is 120 Å². The Balaban J connectivity index is 2.57. The Hall–Kier alpha value is -2.23. The highest BCUT2D eigenvalue weighted by Crippen LogP contribution is 2.28. The standard InChI is InChI=1S/C12H5F6NO2S/c13-5-1-3-6(4-2-5)19-22(20,21)12-10(17)8(15)7(14)9(16)11(12)18/h1-4,19H. The van der Waals surface area contributed by atoms with Crippen LogP contribution >= 0.6 is 0 Å². The molecule has 0 spiro atoms. The summed E-state index contributed by atoms with van der Waals surface area (Å²) >= 11 is 0. The summed E-state index contributed by atoms with van der Waals surface area (Å²) in [5.41, 5.74) is -0.328. The molecule has 0 aliphatic rings. The Bertz CT molecular complexity index is 807. The van der Waals surface area contributed by atoms with Crippen LogP contribution in [0, 0.1) is 34.9 Å². The molecule has 10 heteroatoms. The van der Waals surface area contributed by atoms with Gasteiger partial charge in [0.25, 0.3) is 10.0 Å². The summed E-state index contributed by atoms with van der Waals surface area (Å²) in [6.45, 7) is 0. The van der Waals surface area contributed by atoms with Gasteiger partial charge in [0.2, 0.25) is 5.82 Å². The van der Waals surface area contributed by atoms with Crippen LogP contribution in [-0.4, -0.2) is 8.42 Å². The second kappa shape index (κ2) is 5.52. The van der Waals surface area contributed by atoms with Crippen LogP contribution in [0.5, 0.6) is 0 Å². The van der Waals surface area contributed by atoms with Crippen LogP contribution in [-0.2, 0) is 10.0 Å². The molecule has 0 fully saturated rings. The van der Waals surface area contributed by atoms with Crippen molar-refractivity contribution in [1.29, 1.82) is 0 Å². The maximum atomic E-state index is 13.5. The van der Waals surface area contributed by atoms with Crippen LogP contribution in [0.3, 0.4) is 0 Å². The van der Waals surface area contributed by atoms with E-state index in [0.717, 1.165) is 24.3 Å². The fourth-order valence-corrected chi connectivity index (χ4v) is 2.74. The number of anilines is 1. The lowest BCUT2D eigenvalue weighted by molar-refractivity contribution is 0.358. The lowest BCUT2D eigenvalue weighted by Gasteiger charge is -2.11. The van der Waals surface area contributed by atoms with E-state index >= 15 is 0 Å². The summed E-state index contributed by atoms with van der Waals surface area (Å²) in [5, 5.41) is 0. The van der Waals surface area contributed by atoms with Gasteiger partial charge in [-0.3, -0.25) is 4.72 Å². The van der Waals surface area contributed by atoms with Gasteiger partial charge in [0.05, 0.1) is 0 Å². The minimum absolute atomic E-state index is 0.328. The third-order valence-electron chi connectivity index (χ3n) is 2.53. The zero-order chi connectivity index (χ0) is 16.7. The lowest BCUT2D eigenvalue weighted by atomic mass is 10.3. The molecule has 0 saturated heterocycles. The topological polar surface area (TPSA) is 46.2 Å². The SMILES string of the molecule is O=S(=O)(Nc1ccc(F)cc1)c1c(F)c(F)c(F)c(F)c1F. The van der Waals surface area contributed by atoms with Gasteiger partial charge in [0.15, 0.2) is 28.2 Å². The Morgan fingerprint density at radius 1 is 0.682 bits per heavy atom. The highest BCUT2D eigenvalue weighted by Gasteiger charge is 2.33. The van der Waals surface area contributed by atoms with Crippen LogP contribution in [0.2, 0.25) is 0 Å². The molecule has 0 aromatic heterocycles. The quantitative estimate of drug-likeness (QED) is 0.529. The zero-order valence-electron chi connectivity index (χ0n) is 10.3. The molecule has 0 saturated carbocycles. The van der Waals surface area contributed by atoms with Crippen molar-refractivity contribution in [2.75, 3.05) is 4.72 Å². The number of nitrogens with one attached hydrogen (secondary N) is 1. The first kappa shape index (κ1) is 16.1. The number of benzene rings is 2. The van der Waals surface area contributed by atoms with Crippen molar-refractivity contribution < 1.29 is 34.8 Å². The molecule has 0 atom stereocenters. The van der Waals surface area contributed by atoms with Crippen molar-refractivity contribution in [1.82, 2.24) is 0 Å². The smallest absolute Gasteiger partial charge is 0.267 e. The van der Waals surface area contributed by atoms with E-state index < -0.39 is 49.8 Å². The van der Waals surface area contributed by atoms with Gasteiger partial charge in [-0.2, -0.15) is 0 Å². The fraction of sp³-hybridized carbons (Fsp3) is 0. The maximum absolute atomic E-state index is 13.5. The van der Waals surface area contributed by atoms with Crippen molar-refractivity contribution >= 4 is 15.7 Å². The minimum Gasteiger partial charge on any atom is -0.279 e. The van der Waals surface area contributed by atoms with Gasteiger partial charge in [0.1, 0.15) is 5.82 Å². The number of hydrogen-bond donors (Lipinski definition) is 1. The first-order valence-corrected chi connectivity index (χ1v) is 6.93. The summed E-state index contributed by atoms with van der Waals surface area (Å²) in [7, 11) is -5.12. The number of hydrogen-bond acceptors (Lipinski definition) is 2. The van der Waals surface area contributed by atoms with Crippen LogP contribution in [0.4, 0.5) is 32.0 Å². The molecule has 0 unspecified atom stereocenters. The largest absolute Gasteiger partial charge is 0.279 e. The molecular formula is C12H5F6NO2S. The highest BCUT2D eigenvalue weighted by molar-refractivity contribution is 7.92. The Morgan fingerprint density at radius 2 is 1.09 bits per heavy atom. The molecule has 0 heterocycles. The maximum Gasteiger partial charge on any atom is 0.267 e. The number of sulfonamides is 1. The van der Waals surface area contributed by atoms with E-state index in [1.54, 1.807) is 4.72 Å². The second-order valence-corrected chi connectivity index (χ2v) is 5.63. The number of rotatable bonds is 3. The van der Waals surface area contributed by atoms with E-state index in [-0.39, 0.29) is 5.69 Å². The summed E-state index contributed by atoms with van der Waals surface area (Å²) in [4.78, 5) is -2.02. The van der Waals surface area contributed by atoms with Crippen molar-refractivity contribution in [3.63, 3.8) is 0 Å². The van der Waals surface area contributed by atoms with Crippen molar-refractivity contribution in [3.8, 4) is 0 Å². The van der Waals surface area contributed by atoms with Crippen molar-refractivity contribution in [2.24, 2.45) is 0 Å². The average Bonchev–Trinajstić information content (AvgIpc) is 2.45. The van der Waals surface area contributed by atoms with Gasteiger partial charge in [-0.25, -0.2) is 34.8 Å². The molecule has 0 bridgehead atoms. The molecule has 2 rings (SSSR count). The zero-order valence-corrected chi connectivity index (χ0v) is 11.1. The molecule has 2 aromatic carbocycles. The fourth-order valence-electron chi connectivity index (χ4n) is 1.54. The molecule has 0 radical (unpaired) electrons. The number of halogens is 6. The summed E-state index contributed by atoms with van der Waals surface area (Å²) in [5.74, 6) is -13.0. The third kappa shape index (κ3) is 2.73. The van der Waals surface area contributed by atoms with Gasteiger partial charge in [0, 0.05) is 5.69 Å². The molecule has 0 aliphatic carbocycles. The molecule has 2 aromatic rings. The van der Waals surface area contributed by atoms with E-state index in [4.69, 9.17) is 0 Å². The van der Waals surface area contributed by atoms with Crippen LogP contribution in [0.25, 0.3) is 0 Å². The Kier molecular flexibility index (Phi) is 4.05. The normalized spacial score (nSPS) is 11.5. The Morgan fingerprint density at radius 3 is 1.55 bits per heavy atom. The van der Waals surface area contributed by atoms with Gasteiger partial charge in [-0.05, 0) is 24.3 Å². The third-order valence-corrected chi connectivity index (χ3v) is 3.94. The second-order valence-electron chi connectivity index (χ2n) is 4.01.